The first-order valence-electron chi connectivity index (χ1n) is 12.2. The van der Waals surface area contributed by atoms with Crippen LogP contribution in [0, 0.1) is 24.2 Å². The van der Waals surface area contributed by atoms with E-state index in [4.69, 9.17) is 0 Å². The minimum Gasteiger partial charge on any atom is -0.350 e. The maximum absolute atomic E-state index is 13.3. The number of likely N-dealkylation sites (tertiary alicyclic amines) is 1. The molecule has 182 valence electrons. The van der Waals surface area contributed by atoms with Crippen molar-refractivity contribution in [1.29, 1.82) is 0 Å². The number of carbonyl (C=O) groups is 2. The summed E-state index contributed by atoms with van der Waals surface area (Å²) in [6.07, 6.45) is 1.51. The molecule has 0 radical (unpaired) electrons. The van der Waals surface area contributed by atoms with Gasteiger partial charge in [-0.2, -0.15) is 0 Å². The van der Waals surface area contributed by atoms with E-state index >= 15 is 0 Å². The Morgan fingerprint density at radius 2 is 1.85 bits per heavy atom. The molecule has 0 spiro atoms. The third-order valence-corrected chi connectivity index (χ3v) is 7.25. The molecule has 0 saturated carbocycles. The Labute approximate surface area is 204 Å². The zero-order chi connectivity index (χ0) is 24.8. The van der Waals surface area contributed by atoms with Gasteiger partial charge in [-0.1, -0.05) is 72.7 Å². The molecule has 1 saturated heterocycles. The van der Waals surface area contributed by atoms with Crippen LogP contribution >= 0.6 is 11.3 Å². The molecule has 2 heterocycles. The van der Waals surface area contributed by atoms with Crippen LogP contribution in [-0.4, -0.2) is 34.3 Å². The van der Waals surface area contributed by atoms with Crippen LogP contribution in [0.3, 0.4) is 0 Å². The predicted octanol–water partition coefficient (Wildman–Crippen LogP) is 6.07. The zero-order valence-corrected chi connectivity index (χ0v) is 22.4. The Bertz CT molecular complexity index is 914. The van der Waals surface area contributed by atoms with E-state index in [2.05, 4.69) is 57.1 Å². The molecule has 33 heavy (non-hydrogen) atoms. The van der Waals surface area contributed by atoms with Crippen molar-refractivity contribution in [2.45, 2.75) is 80.8 Å². The number of amides is 2. The van der Waals surface area contributed by atoms with E-state index < -0.39 is 0 Å². The number of rotatable bonds is 6. The molecule has 3 atom stereocenters. The smallest absolute Gasteiger partial charge is 0.243 e. The van der Waals surface area contributed by atoms with Gasteiger partial charge in [0.05, 0.1) is 16.1 Å². The third-order valence-electron chi connectivity index (χ3n) is 6.28. The van der Waals surface area contributed by atoms with Crippen molar-refractivity contribution in [3.05, 3.63) is 41.0 Å². The van der Waals surface area contributed by atoms with Gasteiger partial charge < -0.3 is 10.2 Å². The summed E-state index contributed by atoms with van der Waals surface area (Å²) < 4.78 is 0. The highest BCUT2D eigenvalue weighted by atomic mass is 32.1. The van der Waals surface area contributed by atoms with E-state index in [1.807, 2.05) is 43.3 Å². The van der Waals surface area contributed by atoms with Crippen LogP contribution in [0.1, 0.15) is 72.6 Å². The first-order valence-corrected chi connectivity index (χ1v) is 13.1. The average molecular weight is 472 g/mol. The van der Waals surface area contributed by atoms with Gasteiger partial charge in [0.1, 0.15) is 6.04 Å². The maximum Gasteiger partial charge on any atom is 0.243 e. The Morgan fingerprint density at radius 1 is 1.21 bits per heavy atom. The summed E-state index contributed by atoms with van der Waals surface area (Å²) in [6.45, 7) is 17.6. The third kappa shape index (κ3) is 6.66. The van der Waals surface area contributed by atoms with Crippen LogP contribution in [-0.2, 0) is 16.1 Å². The van der Waals surface area contributed by atoms with Gasteiger partial charge >= 0.3 is 0 Å². The normalized spacial score (nSPS) is 19.0. The van der Waals surface area contributed by atoms with Crippen LogP contribution in [0.15, 0.2) is 29.8 Å². The van der Waals surface area contributed by atoms with Gasteiger partial charge in [-0.3, -0.25) is 9.59 Å². The van der Waals surface area contributed by atoms with Crippen molar-refractivity contribution in [3.63, 3.8) is 0 Å². The summed E-state index contributed by atoms with van der Waals surface area (Å²) in [5.74, 6) is 0.322. The highest BCUT2D eigenvalue weighted by Gasteiger charge is 2.42. The summed E-state index contributed by atoms with van der Waals surface area (Å²) in [6, 6.07) is 7.86. The van der Waals surface area contributed by atoms with Gasteiger partial charge in [0, 0.05) is 19.0 Å². The van der Waals surface area contributed by atoms with E-state index in [1.165, 1.54) is 4.88 Å². The van der Waals surface area contributed by atoms with Crippen LogP contribution in [0.4, 0.5) is 0 Å². The van der Waals surface area contributed by atoms with Crippen molar-refractivity contribution in [2.75, 3.05) is 6.54 Å². The molecule has 0 aliphatic carbocycles. The molecular formula is C27H41N3O2S. The molecule has 0 unspecified atom stereocenters. The summed E-state index contributed by atoms with van der Waals surface area (Å²) >= 11 is 1.63. The van der Waals surface area contributed by atoms with Crippen molar-refractivity contribution < 1.29 is 9.59 Å². The van der Waals surface area contributed by atoms with Gasteiger partial charge in [-0.25, -0.2) is 4.98 Å². The Morgan fingerprint density at radius 3 is 2.36 bits per heavy atom. The quantitative estimate of drug-likeness (QED) is 0.556. The van der Waals surface area contributed by atoms with Crippen molar-refractivity contribution in [3.8, 4) is 10.4 Å². The fraction of sp³-hybridized carbons (Fsp3) is 0.593. The van der Waals surface area contributed by atoms with E-state index in [1.54, 1.807) is 11.3 Å². The molecule has 1 aliphatic heterocycles. The lowest BCUT2D eigenvalue weighted by Gasteiger charge is -2.34. The summed E-state index contributed by atoms with van der Waals surface area (Å²) in [4.78, 5) is 33.6. The number of nitrogens with zero attached hydrogens (tertiary/aromatic N) is 2. The number of carbonyl (C=O) groups excluding carboxylic acids is 2. The second-order valence-corrected chi connectivity index (χ2v) is 10.7. The fourth-order valence-corrected chi connectivity index (χ4v) is 5.37. The van der Waals surface area contributed by atoms with Crippen LogP contribution < -0.4 is 5.32 Å². The second kappa shape index (κ2) is 11.8. The second-order valence-electron chi connectivity index (χ2n) is 9.86. The minimum absolute atomic E-state index is 0.0520. The number of thiazole rings is 1. The number of aryl methyl sites for hydroxylation is 1. The Balaban J connectivity index is 0.00000187. The minimum atomic E-state index is -0.377. The molecule has 6 heteroatoms. The van der Waals surface area contributed by atoms with Gasteiger partial charge in [0.25, 0.3) is 0 Å². The van der Waals surface area contributed by atoms with Crippen molar-refractivity contribution in [1.82, 2.24) is 15.2 Å². The van der Waals surface area contributed by atoms with Gasteiger partial charge in [0.15, 0.2) is 0 Å². The highest BCUT2D eigenvalue weighted by Crippen LogP contribution is 2.34. The monoisotopic (exact) mass is 471 g/mol. The maximum atomic E-state index is 13.3. The number of aromatic nitrogens is 1. The van der Waals surface area contributed by atoms with Crippen molar-refractivity contribution in [2.24, 2.45) is 17.3 Å². The molecule has 1 N–H and O–H groups in total. The topological polar surface area (TPSA) is 62.3 Å². The first kappa shape index (κ1) is 27.0. The van der Waals surface area contributed by atoms with Crippen LogP contribution in [0.2, 0.25) is 0 Å². The molecule has 1 fully saturated rings. The Hall–Kier alpha value is -2.21. The zero-order valence-electron chi connectivity index (χ0n) is 21.6. The average Bonchev–Trinajstić information content (AvgIpc) is 3.39. The lowest BCUT2D eigenvalue weighted by atomic mass is 9.78. The molecule has 1 aromatic heterocycles. The predicted molar refractivity (Wildman–Crippen MR) is 138 cm³/mol. The summed E-state index contributed by atoms with van der Waals surface area (Å²) in [5, 5.41) is 3.07. The largest absolute Gasteiger partial charge is 0.350 e. The first-order chi connectivity index (χ1) is 15.6. The summed E-state index contributed by atoms with van der Waals surface area (Å²) in [7, 11) is 0. The van der Waals surface area contributed by atoms with E-state index in [-0.39, 0.29) is 29.2 Å². The van der Waals surface area contributed by atoms with E-state index in [0.717, 1.165) is 29.7 Å². The number of nitrogens with one attached hydrogen (secondary N) is 1. The molecule has 1 aromatic carbocycles. The molecule has 1 aliphatic rings. The number of hydrogen-bond acceptors (Lipinski definition) is 4. The molecule has 3 rings (SSSR count). The van der Waals surface area contributed by atoms with Crippen LogP contribution in [0.5, 0.6) is 0 Å². The number of benzene rings is 1. The Kier molecular flexibility index (Phi) is 9.65. The molecule has 0 bridgehead atoms. The van der Waals surface area contributed by atoms with E-state index in [0.29, 0.717) is 19.0 Å². The lowest BCUT2D eigenvalue weighted by molar-refractivity contribution is -0.144. The van der Waals surface area contributed by atoms with E-state index in [9.17, 15) is 9.59 Å². The highest BCUT2D eigenvalue weighted by molar-refractivity contribution is 7.13. The molecule has 2 amide bonds. The van der Waals surface area contributed by atoms with Gasteiger partial charge in [0.2, 0.25) is 11.8 Å². The molecule has 5 nitrogen and oxygen atoms in total. The van der Waals surface area contributed by atoms with Gasteiger partial charge in [-0.15, -0.1) is 11.3 Å². The molecule has 2 aromatic rings. The SMILES string of the molecule is CC.CC[C@H](C(=O)N1C[C@H](C)C[C@H]1C(=O)NCc1ccc(-c2scnc2C)cc1)C(C)(C)C. The van der Waals surface area contributed by atoms with Gasteiger partial charge in [-0.05, 0) is 42.2 Å². The van der Waals surface area contributed by atoms with Crippen molar-refractivity contribution >= 4 is 23.2 Å². The number of hydrogen-bond donors (Lipinski definition) is 1. The molecular weight excluding hydrogens is 430 g/mol. The summed E-state index contributed by atoms with van der Waals surface area (Å²) in [5.41, 5.74) is 4.97. The standard InChI is InChI=1S/C25H35N3O2S.C2H6/c1-7-20(25(4,5)6)24(30)28-14-16(2)12-21(28)23(29)26-13-18-8-10-19(11-9-18)22-17(3)27-15-31-22;1-2/h8-11,15-16,20-21H,7,12-14H2,1-6H3,(H,26,29);1-2H3/t16-,20-,21+;/m1./s1. The lowest BCUT2D eigenvalue weighted by Crippen LogP contribution is -2.49. The fourth-order valence-electron chi connectivity index (χ4n) is 4.56. The van der Waals surface area contributed by atoms with Crippen LogP contribution in [0.25, 0.3) is 10.4 Å².